The summed E-state index contributed by atoms with van der Waals surface area (Å²) in [6, 6.07) is 0. The van der Waals surface area contributed by atoms with Gasteiger partial charge in [-0.1, -0.05) is 13.8 Å². The summed E-state index contributed by atoms with van der Waals surface area (Å²) in [6.45, 7) is 4.22. The molecule has 3 heteroatoms. The van der Waals surface area contributed by atoms with Gasteiger partial charge in [0.25, 0.3) is 0 Å². The fraction of sp³-hybridized carbons (Fsp3) is 0.875. The van der Waals surface area contributed by atoms with Gasteiger partial charge in [0.15, 0.2) is 0 Å². The van der Waals surface area contributed by atoms with Crippen molar-refractivity contribution < 1.29 is 9.90 Å². The van der Waals surface area contributed by atoms with Crippen molar-refractivity contribution in [1.29, 1.82) is 0 Å². The van der Waals surface area contributed by atoms with Crippen LogP contribution in [0.5, 0.6) is 0 Å². The zero-order valence-electron chi connectivity index (χ0n) is 7.05. The summed E-state index contributed by atoms with van der Waals surface area (Å²) in [6.07, 6.45) is 1.76. The van der Waals surface area contributed by atoms with Crippen molar-refractivity contribution in [2.75, 3.05) is 0 Å². The first kappa shape index (κ1) is 8.53. The monoisotopic (exact) mass is 157 g/mol. The Kier molecular flexibility index (Phi) is 1.71. The van der Waals surface area contributed by atoms with Crippen molar-refractivity contribution in [1.82, 2.24) is 0 Å². The zero-order chi connectivity index (χ0) is 8.70. The van der Waals surface area contributed by atoms with Crippen molar-refractivity contribution in [2.24, 2.45) is 11.1 Å². The molecule has 1 rings (SSSR count). The summed E-state index contributed by atoms with van der Waals surface area (Å²) in [7, 11) is 0. The molecule has 0 atom stereocenters. The third kappa shape index (κ3) is 1.93. The quantitative estimate of drug-likeness (QED) is 0.628. The van der Waals surface area contributed by atoms with E-state index in [1.54, 1.807) is 0 Å². The molecule has 0 unspecified atom stereocenters. The third-order valence-electron chi connectivity index (χ3n) is 2.16. The number of hydrogen-bond donors (Lipinski definition) is 2. The van der Waals surface area contributed by atoms with Crippen LogP contribution in [-0.4, -0.2) is 16.6 Å². The van der Waals surface area contributed by atoms with Crippen LogP contribution in [0.1, 0.15) is 33.1 Å². The molecule has 0 spiro atoms. The maximum Gasteiger partial charge on any atom is 0.305 e. The Morgan fingerprint density at radius 2 is 2.00 bits per heavy atom. The maximum atomic E-state index is 10.3. The molecular formula is C8H15NO2. The summed E-state index contributed by atoms with van der Waals surface area (Å²) < 4.78 is 0. The average Bonchev–Trinajstić information content (AvgIpc) is 1.52. The van der Waals surface area contributed by atoms with Crippen LogP contribution < -0.4 is 5.73 Å². The second-order valence-electron chi connectivity index (χ2n) is 4.45. The zero-order valence-corrected chi connectivity index (χ0v) is 7.05. The molecule has 0 aromatic carbocycles. The van der Waals surface area contributed by atoms with Gasteiger partial charge >= 0.3 is 5.97 Å². The number of nitrogens with two attached hydrogens (primary N) is 1. The number of carbonyl (C=O) groups is 1. The lowest BCUT2D eigenvalue weighted by atomic mass is 9.59. The van der Waals surface area contributed by atoms with Crippen LogP contribution in [0.3, 0.4) is 0 Å². The summed E-state index contributed by atoms with van der Waals surface area (Å²) in [5.41, 5.74) is 5.63. The highest BCUT2D eigenvalue weighted by atomic mass is 16.4. The van der Waals surface area contributed by atoms with Gasteiger partial charge in [-0.25, -0.2) is 0 Å². The van der Waals surface area contributed by atoms with E-state index in [4.69, 9.17) is 10.8 Å². The Hall–Kier alpha value is -0.570. The molecule has 11 heavy (non-hydrogen) atoms. The molecule has 1 aliphatic rings. The third-order valence-corrected chi connectivity index (χ3v) is 2.16. The molecule has 3 nitrogen and oxygen atoms in total. The van der Waals surface area contributed by atoms with Crippen molar-refractivity contribution in [3.8, 4) is 0 Å². The van der Waals surface area contributed by atoms with E-state index < -0.39 is 11.5 Å². The average molecular weight is 157 g/mol. The minimum absolute atomic E-state index is 0.108. The van der Waals surface area contributed by atoms with E-state index >= 15 is 0 Å². The fourth-order valence-corrected chi connectivity index (χ4v) is 2.28. The van der Waals surface area contributed by atoms with Crippen molar-refractivity contribution in [3.63, 3.8) is 0 Å². The molecule has 0 aliphatic heterocycles. The Morgan fingerprint density at radius 3 is 2.27 bits per heavy atom. The Balaban J connectivity index is 2.43. The van der Waals surface area contributed by atoms with E-state index in [9.17, 15) is 4.79 Å². The highest BCUT2D eigenvalue weighted by Crippen LogP contribution is 2.47. The molecule has 64 valence electrons. The van der Waals surface area contributed by atoms with Crippen molar-refractivity contribution in [3.05, 3.63) is 0 Å². The van der Waals surface area contributed by atoms with Gasteiger partial charge < -0.3 is 10.8 Å². The first-order valence-electron chi connectivity index (χ1n) is 3.84. The lowest BCUT2D eigenvalue weighted by Gasteiger charge is -2.50. The normalized spacial score (nSPS) is 25.7. The minimum atomic E-state index is -0.789. The summed E-state index contributed by atoms with van der Waals surface area (Å²) >= 11 is 0. The number of aliphatic carboxylic acids is 1. The Morgan fingerprint density at radius 1 is 1.55 bits per heavy atom. The molecule has 1 aliphatic carbocycles. The van der Waals surface area contributed by atoms with Crippen molar-refractivity contribution >= 4 is 5.97 Å². The molecule has 0 aromatic heterocycles. The van der Waals surface area contributed by atoms with E-state index in [2.05, 4.69) is 13.8 Å². The van der Waals surface area contributed by atoms with Crippen LogP contribution in [0.25, 0.3) is 0 Å². The van der Waals surface area contributed by atoms with E-state index in [0.29, 0.717) is 0 Å². The molecule has 1 saturated carbocycles. The van der Waals surface area contributed by atoms with Crippen molar-refractivity contribution in [2.45, 2.75) is 38.6 Å². The molecule has 0 radical (unpaired) electrons. The van der Waals surface area contributed by atoms with Gasteiger partial charge in [0.2, 0.25) is 0 Å². The van der Waals surface area contributed by atoms with Crippen LogP contribution in [0, 0.1) is 5.41 Å². The van der Waals surface area contributed by atoms with E-state index in [0.717, 1.165) is 12.8 Å². The SMILES string of the molecule is CC1(C)CC(N)(CC(=O)O)C1. The molecular weight excluding hydrogens is 142 g/mol. The second-order valence-corrected chi connectivity index (χ2v) is 4.45. The first-order chi connectivity index (χ1) is 4.83. The van der Waals surface area contributed by atoms with Crippen LogP contribution in [-0.2, 0) is 4.79 Å². The van der Waals surface area contributed by atoms with Gasteiger partial charge in [-0.05, 0) is 18.3 Å². The molecule has 3 N–H and O–H groups in total. The lowest BCUT2D eigenvalue weighted by molar-refractivity contribution is -0.140. The number of hydrogen-bond acceptors (Lipinski definition) is 2. The smallest absolute Gasteiger partial charge is 0.305 e. The number of carboxylic acids is 1. The maximum absolute atomic E-state index is 10.3. The molecule has 1 fully saturated rings. The molecule has 0 aromatic rings. The lowest BCUT2D eigenvalue weighted by Crippen LogP contribution is -2.56. The van der Waals surface area contributed by atoms with Gasteiger partial charge in [-0.3, -0.25) is 4.79 Å². The van der Waals surface area contributed by atoms with Gasteiger partial charge in [-0.2, -0.15) is 0 Å². The largest absolute Gasteiger partial charge is 0.481 e. The highest BCUT2D eigenvalue weighted by Gasteiger charge is 2.47. The first-order valence-corrected chi connectivity index (χ1v) is 3.84. The Bertz CT molecular complexity index is 179. The topological polar surface area (TPSA) is 63.3 Å². The molecule has 0 heterocycles. The number of carboxylic acid groups (broad SMARTS) is 1. The van der Waals surface area contributed by atoms with Gasteiger partial charge in [0, 0.05) is 5.54 Å². The van der Waals surface area contributed by atoms with Crippen LogP contribution in [0.15, 0.2) is 0 Å². The second kappa shape index (κ2) is 2.21. The molecule has 0 bridgehead atoms. The van der Waals surface area contributed by atoms with E-state index in [1.165, 1.54) is 0 Å². The van der Waals surface area contributed by atoms with Gasteiger partial charge in [0.1, 0.15) is 0 Å². The predicted molar refractivity (Wildman–Crippen MR) is 42.2 cm³/mol. The van der Waals surface area contributed by atoms with E-state index in [1.807, 2.05) is 0 Å². The molecule has 0 saturated heterocycles. The highest BCUT2D eigenvalue weighted by molar-refractivity contribution is 5.68. The van der Waals surface area contributed by atoms with Crippen LogP contribution in [0.2, 0.25) is 0 Å². The van der Waals surface area contributed by atoms with Gasteiger partial charge in [-0.15, -0.1) is 0 Å². The summed E-state index contributed by atoms with van der Waals surface area (Å²) in [4.78, 5) is 10.3. The molecule has 0 amide bonds. The summed E-state index contributed by atoms with van der Waals surface area (Å²) in [5.74, 6) is -0.789. The van der Waals surface area contributed by atoms with Gasteiger partial charge in [0.05, 0.1) is 6.42 Å². The minimum Gasteiger partial charge on any atom is -0.481 e. The Labute approximate surface area is 66.6 Å². The predicted octanol–water partition coefficient (Wildman–Crippen LogP) is 0.979. The van der Waals surface area contributed by atoms with Crippen LogP contribution >= 0.6 is 0 Å². The number of rotatable bonds is 2. The van der Waals surface area contributed by atoms with Crippen LogP contribution in [0.4, 0.5) is 0 Å². The standard InChI is InChI=1S/C8H15NO2/c1-7(2)4-8(9,5-7)3-6(10)11/h3-5,9H2,1-2H3,(H,10,11). The fourth-order valence-electron chi connectivity index (χ4n) is 2.28. The summed E-state index contributed by atoms with van der Waals surface area (Å²) in [5, 5.41) is 8.50. The van der Waals surface area contributed by atoms with E-state index in [-0.39, 0.29) is 11.8 Å².